The summed E-state index contributed by atoms with van der Waals surface area (Å²) in [6.45, 7) is 5.13. The average molecular weight is 198 g/mol. The first-order valence-electron chi connectivity index (χ1n) is 4.49. The van der Waals surface area contributed by atoms with Crippen LogP contribution in [0.4, 0.5) is 5.69 Å². The first-order valence-corrected chi connectivity index (χ1v) is 5.02. The first kappa shape index (κ1) is 10.4. The van der Waals surface area contributed by atoms with E-state index in [1.54, 1.807) is 0 Å². The maximum Gasteiger partial charge on any atom is 0.0399 e. The summed E-state index contributed by atoms with van der Waals surface area (Å²) in [4.78, 5) is 2.17. The molecule has 0 atom stereocenters. The summed E-state index contributed by atoms with van der Waals surface area (Å²) in [6, 6.07) is 6.54. The zero-order chi connectivity index (χ0) is 9.84. The van der Waals surface area contributed by atoms with Gasteiger partial charge in [0.2, 0.25) is 0 Å². The number of hydrogen-bond donors (Lipinski definition) is 0. The zero-order valence-corrected chi connectivity index (χ0v) is 9.23. The number of hydrogen-bond acceptors (Lipinski definition) is 1. The number of alkyl halides is 1. The summed E-state index contributed by atoms with van der Waals surface area (Å²) in [7, 11) is 2.07. The van der Waals surface area contributed by atoms with Crippen LogP contribution in [0.5, 0.6) is 0 Å². The molecule has 0 heterocycles. The van der Waals surface area contributed by atoms with Gasteiger partial charge in [-0.15, -0.1) is 11.6 Å². The van der Waals surface area contributed by atoms with Gasteiger partial charge in [0.05, 0.1) is 0 Å². The Bertz CT molecular complexity index is 263. The van der Waals surface area contributed by atoms with E-state index in [1.165, 1.54) is 16.8 Å². The van der Waals surface area contributed by atoms with Crippen molar-refractivity contribution in [1.29, 1.82) is 0 Å². The Hall–Kier alpha value is -0.690. The van der Waals surface area contributed by atoms with Gasteiger partial charge in [0.25, 0.3) is 0 Å². The molecule has 0 aliphatic carbocycles. The summed E-state index contributed by atoms with van der Waals surface area (Å²) in [5.74, 6) is 0.670. The molecule has 0 saturated heterocycles. The zero-order valence-electron chi connectivity index (χ0n) is 8.47. The number of rotatable bonds is 3. The normalized spacial score (nSPS) is 10.2. The lowest BCUT2D eigenvalue weighted by atomic mass is 10.1. The van der Waals surface area contributed by atoms with E-state index in [-0.39, 0.29) is 0 Å². The molecule has 2 heteroatoms. The lowest BCUT2D eigenvalue weighted by Crippen LogP contribution is -2.19. The Kier molecular flexibility index (Phi) is 3.61. The van der Waals surface area contributed by atoms with Crippen molar-refractivity contribution in [2.75, 3.05) is 24.4 Å². The van der Waals surface area contributed by atoms with Crippen LogP contribution >= 0.6 is 11.6 Å². The maximum atomic E-state index is 5.68. The lowest BCUT2D eigenvalue weighted by Gasteiger charge is -2.18. The van der Waals surface area contributed by atoms with Crippen molar-refractivity contribution in [2.24, 2.45) is 0 Å². The van der Waals surface area contributed by atoms with Crippen molar-refractivity contribution in [1.82, 2.24) is 0 Å². The molecule has 0 fully saturated rings. The smallest absolute Gasteiger partial charge is 0.0399 e. The van der Waals surface area contributed by atoms with Crippen molar-refractivity contribution in [2.45, 2.75) is 13.8 Å². The van der Waals surface area contributed by atoms with Crippen LogP contribution in [0.15, 0.2) is 18.2 Å². The Balaban J connectivity index is 2.87. The molecule has 1 aromatic rings. The molecule has 72 valence electrons. The van der Waals surface area contributed by atoms with Crippen LogP contribution in [0.2, 0.25) is 0 Å². The van der Waals surface area contributed by atoms with Gasteiger partial charge in [0, 0.05) is 25.2 Å². The molecule has 0 aliphatic rings. The summed E-state index contributed by atoms with van der Waals surface area (Å²) in [6.07, 6.45) is 0. The minimum Gasteiger partial charge on any atom is -0.373 e. The third-order valence-corrected chi connectivity index (χ3v) is 2.24. The Labute approximate surface area is 85.3 Å². The Morgan fingerprint density at radius 2 is 1.69 bits per heavy atom. The largest absolute Gasteiger partial charge is 0.373 e. The van der Waals surface area contributed by atoms with Gasteiger partial charge in [-0.3, -0.25) is 0 Å². The maximum absolute atomic E-state index is 5.68. The third-order valence-electron chi connectivity index (χ3n) is 2.07. The molecule has 1 nitrogen and oxygen atoms in total. The van der Waals surface area contributed by atoms with Crippen LogP contribution < -0.4 is 4.90 Å². The van der Waals surface area contributed by atoms with Gasteiger partial charge in [-0.1, -0.05) is 6.07 Å². The van der Waals surface area contributed by atoms with E-state index >= 15 is 0 Å². The highest BCUT2D eigenvalue weighted by atomic mass is 35.5. The van der Waals surface area contributed by atoms with Crippen molar-refractivity contribution in [3.63, 3.8) is 0 Å². The van der Waals surface area contributed by atoms with Crippen molar-refractivity contribution < 1.29 is 0 Å². The van der Waals surface area contributed by atoms with Gasteiger partial charge in [-0.05, 0) is 37.1 Å². The third kappa shape index (κ3) is 2.92. The van der Waals surface area contributed by atoms with Crippen LogP contribution in [0.3, 0.4) is 0 Å². The summed E-state index contributed by atoms with van der Waals surface area (Å²) in [5.41, 5.74) is 3.85. The highest BCUT2D eigenvalue weighted by Crippen LogP contribution is 2.17. The van der Waals surface area contributed by atoms with E-state index in [0.717, 1.165) is 6.54 Å². The first-order chi connectivity index (χ1) is 6.13. The molecule has 0 spiro atoms. The second-order valence-corrected chi connectivity index (χ2v) is 3.83. The fraction of sp³-hybridized carbons (Fsp3) is 0.455. The molecule has 0 unspecified atom stereocenters. The van der Waals surface area contributed by atoms with E-state index in [1.807, 2.05) is 0 Å². The van der Waals surface area contributed by atoms with Crippen molar-refractivity contribution >= 4 is 17.3 Å². The average Bonchev–Trinajstić information content (AvgIpc) is 2.03. The molecule has 0 radical (unpaired) electrons. The summed E-state index contributed by atoms with van der Waals surface area (Å²) < 4.78 is 0. The summed E-state index contributed by atoms with van der Waals surface area (Å²) in [5, 5.41) is 0. The summed E-state index contributed by atoms with van der Waals surface area (Å²) >= 11 is 5.68. The quantitative estimate of drug-likeness (QED) is 0.674. The van der Waals surface area contributed by atoms with Gasteiger partial charge >= 0.3 is 0 Å². The molecule has 0 bridgehead atoms. The molecular formula is C11H16ClN. The Morgan fingerprint density at radius 1 is 1.15 bits per heavy atom. The molecule has 0 amide bonds. The predicted molar refractivity (Wildman–Crippen MR) is 59.9 cm³/mol. The fourth-order valence-corrected chi connectivity index (χ4v) is 1.68. The van der Waals surface area contributed by atoms with Gasteiger partial charge in [-0.25, -0.2) is 0 Å². The van der Waals surface area contributed by atoms with Crippen molar-refractivity contribution in [3.05, 3.63) is 29.3 Å². The molecule has 1 aromatic carbocycles. The number of nitrogens with zero attached hydrogens (tertiary/aromatic N) is 1. The van der Waals surface area contributed by atoms with Crippen molar-refractivity contribution in [3.8, 4) is 0 Å². The number of anilines is 1. The van der Waals surface area contributed by atoms with Gasteiger partial charge in [-0.2, -0.15) is 0 Å². The number of halogens is 1. The molecule has 0 aliphatic heterocycles. The number of benzene rings is 1. The molecule has 0 saturated carbocycles. The lowest BCUT2D eigenvalue weighted by molar-refractivity contribution is 0.970. The van der Waals surface area contributed by atoms with Crippen LogP contribution in [0.25, 0.3) is 0 Å². The van der Waals surface area contributed by atoms with Crippen LogP contribution in [0.1, 0.15) is 11.1 Å². The second-order valence-electron chi connectivity index (χ2n) is 3.46. The minimum absolute atomic E-state index is 0.670. The molecule has 1 rings (SSSR count). The molecular weight excluding hydrogens is 182 g/mol. The van der Waals surface area contributed by atoms with E-state index in [2.05, 4.69) is 44.0 Å². The topological polar surface area (TPSA) is 3.24 Å². The van der Waals surface area contributed by atoms with Gasteiger partial charge in [0.15, 0.2) is 0 Å². The predicted octanol–water partition coefficient (Wildman–Crippen LogP) is 2.98. The Morgan fingerprint density at radius 3 is 2.15 bits per heavy atom. The SMILES string of the molecule is Cc1cc(C)cc(N(C)CCCl)c1. The fourth-order valence-electron chi connectivity index (χ4n) is 1.43. The van der Waals surface area contributed by atoms with Gasteiger partial charge < -0.3 is 4.90 Å². The highest BCUT2D eigenvalue weighted by molar-refractivity contribution is 6.18. The molecule has 0 N–H and O–H groups in total. The highest BCUT2D eigenvalue weighted by Gasteiger charge is 2.00. The van der Waals surface area contributed by atoms with Gasteiger partial charge in [0.1, 0.15) is 0 Å². The number of aryl methyl sites for hydroxylation is 2. The molecule has 13 heavy (non-hydrogen) atoms. The van der Waals surface area contributed by atoms with E-state index in [9.17, 15) is 0 Å². The second kappa shape index (κ2) is 4.52. The van der Waals surface area contributed by atoms with E-state index in [0.29, 0.717) is 5.88 Å². The van der Waals surface area contributed by atoms with Crippen LogP contribution in [-0.2, 0) is 0 Å². The van der Waals surface area contributed by atoms with E-state index < -0.39 is 0 Å². The monoisotopic (exact) mass is 197 g/mol. The van der Waals surface area contributed by atoms with Crippen LogP contribution in [0, 0.1) is 13.8 Å². The standard InChI is InChI=1S/C11H16ClN/c1-9-6-10(2)8-11(7-9)13(3)5-4-12/h6-8H,4-5H2,1-3H3. The van der Waals surface area contributed by atoms with Crippen LogP contribution in [-0.4, -0.2) is 19.5 Å². The minimum atomic E-state index is 0.670. The molecule has 0 aromatic heterocycles. The van der Waals surface area contributed by atoms with E-state index in [4.69, 9.17) is 11.6 Å².